The predicted octanol–water partition coefficient (Wildman–Crippen LogP) is 4.04. The number of hydrogen-bond donors (Lipinski definition) is 0. The van der Waals surface area contributed by atoms with E-state index in [2.05, 4.69) is 51.5 Å². The Morgan fingerprint density at radius 3 is 2.77 bits per heavy atom. The van der Waals surface area contributed by atoms with Crippen molar-refractivity contribution < 1.29 is 13.9 Å². The average molecular weight is 412 g/mol. The maximum absolute atomic E-state index is 5.68. The van der Waals surface area contributed by atoms with E-state index in [1.807, 2.05) is 12.1 Å². The van der Waals surface area contributed by atoms with Crippen LogP contribution in [0.15, 0.2) is 28.9 Å². The van der Waals surface area contributed by atoms with E-state index in [1.165, 1.54) is 0 Å². The highest BCUT2D eigenvalue weighted by Crippen LogP contribution is 2.32. The number of oxazole rings is 1. The molecule has 3 heterocycles. The van der Waals surface area contributed by atoms with E-state index in [0.29, 0.717) is 0 Å². The molecule has 8 heteroatoms. The molecular weight excluding hydrogens is 382 g/mol. The molecule has 2 aromatic heterocycles. The van der Waals surface area contributed by atoms with Crippen molar-refractivity contribution in [2.24, 2.45) is 0 Å². The van der Waals surface area contributed by atoms with Gasteiger partial charge in [0.15, 0.2) is 17.5 Å². The van der Waals surface area contributed by atoms with Gasteiger partial charge in [-0.2, -0.15) is 0 Å². The molecule has 1 aliphatic heterocycles. The van der Waals surface area contributed by atoms with Crippen LogP contribution < -0.4 is 9.47 Å². The number of fused-ring (bicyclic) bond motifs is 1. The first kappa shape index (κ1) is 20.4. The SMILES string of the molecule is CCC(C)c1nc(-c2nnc3n2CCN(Cc2ccc(OC)cc2OC)[C@@H]3C)co1. The second-order valence-electron chi connectivity index (χ2n) is 7.74. The summed E-state index contributed by atoms with van der Waals surface area (Å²) in [5.74, 6) is 4.37. The summed E-state index contributed by atoms with van der Waals surface area (Å²) in [7, 11) is 3.35. The Hall–Kier alpha value is -2.87. The van der Waals surface area contributed by atoms with Gasteiger partial charge in [0.2, 0.25) is 0 Å². The highest BCUT2D eigenvalue weighted by molar-refractivity contribution is 5.48. The van der Waals surface area contributed by atoms with E-state index < -0.39 is 0 Å². The second kappa shape index (κ2) is 8.47. The van der Waals surface area contributed by atoms with E-state index in [4.69, 9.17) is 13.9 Å². The third kappa shape index (κ3) is 3.67. The number of aromatic nitrogens is 4. The van der Waals surface area contributed by atoms with Gasteiger partial charge in [-0.05, 0) is 19.4 Å². The molecule has 0 aliphatic carbocycles. The van der Waals surface area contributed by atoms with Crippen LogP contribution in [0.4, 0.5) is 0 Å². The lowest BCUT2D eigenvalue weighted by atomic mass is 10.1. The van der Waals surface area contributed by atoms with E-state index in [-0.39, 0.29) is 12.0 Å². The minimum absolute atomic E-state index is 0.118. The van der Waals surface area contributed by atoms with Crippen molar-refractivity contribution in [3.05, 3.63) is 41.7 Å². The number of rotatable bonds is 7. The molecule has 1 aromatic carbocycles. The maximum Gasteiger partial charge on any atom is 0.197 e. The zero-order chi connectivity index (χ0) is 21.3. The lowest BCUT2D eigenvalue weighted by Gasteiger charge is -2.33. The first-order valence-corrected chi connectivity index (χ1v) is 10.4. The molecule has 0 radical (unpaired) electrons. The summed E-state index contributed by atoms with van der Waals surface area (Å²) in [6.45, 7) is 8.84. The van der Waals surface area contributed by atoms with Crippen LogP contribution in [-0.2, 0) is 13.1 Å². The molecule has 0 spiro atoms. The van der Waals surface area contributed by atoms with Crippen LogP contribution in [0.2, 0.25) is 0 Å². The van der Waals surface area contributed by atoms with Crippen molar-refractivity contribution in [2.45, 2.75) is 52.2 Å². The van der Waals surface area contributed by atoms with Crippen molar-refractivity contribution in [1.29, 1.82) is 0 Å². The number of benzene rings is 1. The van der Waals surface area contributed by atoms with Gasteiger partial charge in [0.25, 0.3) is 0 Å². The molecule has 30 heavy (non-hydrogen) atoms. The van der Waals surface area contributed by atoms with Gasteiger partial charge in [0.1, 0.15) is 23.5 Å². The van der Waals surface area contributed by atoms with Crippen molar-refractivity contribution in [3.63, 3.8) is 0 Å². The molecule has 3 aromatic rings. The molecule has 1 aliphatic rings. The van der Waals surface area contributed by atoms with Crippen LogP contribution in [0.1, 0.15) is 56.4 Å². The third-order valence-electron chi connectivity index (χ3n) is 5.96. The summed E-state index contributed by atoms with van der Waals surface area (Å²) in [6.07, 6.45) is 2.68. The fourth-order valence-electron chi connectivity index (χ4n) is 3.83. The molecule has 0 fully saturated rings. The Morgan fingerprint density at radius 2 is 2.03 bits per heavy atom. The Balaban J connectivity index is 1.55. The highest BCUT2D eigenvalue weighted by atomic mass is 16.5. The van der Waals surface area contributed by atoms with Crippen LogP contribution in [0.3, 0.4) is 0 Å². The fourth-order valence-corrected chi connectivity index (χ4v) is 3.83. The number of nitrogens with zero attached hydrogens (tertiary/aromatic N) is 5. The summed E-state index contributed by atoms with van der Waals surface area (Å²) in [4.78, 5) is 7.03. The van der Waals surface area contributed by atoms with Gasteiger partial charge in [0.05, 0.1) is 20.3 Å². The minimum Gasteiger partial charge on any atom is -0.497 e. The Bertz CT molecular complexity index is 1010. The molecule has 0 saturated heterocycles. The zero-order valence-corrected chi connectivity index (χ0v) is 18.3. The van der Waals surface area contributed by atoms with Crippen LogP contribution in [0.5, 0.6) is 11.5 Å². The van der Waals surface area contributed by atoms with Crippen LogP contribution in [0.25, 0.3) is 11.5 Å². The topological polar surface area (TPSA) is 78.4 Å². The summed E-state index contributed by atoms with van der Waals surface area (Å²) in [6, 6.07) is 6.06. The molecule has 160 valence electrons. The van der Waals surface area contributed by atoms with Gasteiger partial charge in [0, 0.05) is 37.2 Å². The van der Waals surface area contributed by atoms with Crippen LogP contribution in [0, 0.1) is 0 Å². The number of methoxy groups -OCH3 is 2. The number of hydrogen-bond acceptors (Lipinski definition) is 7. The minimum atomic E-state index is 0.118. The monoisotopic (exact) mass is 411 g/mol. The van der Waals surface area contributed by atoms with E-state index in [0.717, 1.165) is 66.4 Å². The van der Waals surface area contributed by atoms with Gasteiger partial charge in [-0.1, -0.05) is 19.9 Å². The van der Waals surface area contributed by atoms with Gasteiger partial charge in [-0.3, -0.25) is 4.90 Å². The molecule has 8 nitrogen and oxygen atoms in total. The first-order valence-electron chi connectivity index (χ1n) is 10.4. The molecule has 0 bridgehead atoms. The Labute approximate surface area is 176 Å². The van der Waals surface area contributed by atoms with Crippen molar-refractivity contribution in [2.75, 3.05) is 20.8 Å². The fraction of sp³-hybridized carbons (Fsp3) is 0.500. The smallest absolute Gasteiger partial charge is 0.197 e. The van der Waals surface area contributed by atoms with Crippen molar-refractivity contribution >= 4 is 0 Å². The van der Waals surface area contributed by atoms with Gasteiger partial charge >= 0.3 is 0 Å². The van der Waals surface area contributed by atoms with Crippen LogP contribution in [-0.4, -0.2) is 45.4 Å². The Kier molecular flexibility index (Phi) is 5.76. The number of ether oxygens (including phenoxy) is 2. The van der Waals surface area contributed by atoms with Crippen LogP contribution >= 0.6 is 0 Å². The lowest BCUT2D eigenvalue weighted by molar-refractivity contribution is 0.155. The molecule has 0 saturated carbocycles. The van der Waals surface area contributed by atoms with Gasteiger partial charge in [-0.25, -0.2) is 4.98 Å². The normalized spacial score (nSPS) is 17.6. The third-order valence-corrected chi connectivity index (χ3v) is 5.96. The van der Waals surface area contributed by atoms with Gasteiger partial charge < -0.3 is 18.5 Å². The standard InChI is InChI=1S/C22H29N5O3/c1-6-14(2)22-23-18(13-30-22)21-25-24-20-15(3)26(9-10-27(20)21)12-16-7-8-17(28-4)11-19(16)29-5/h7-8,11,13-15H,6,9-10,12H2,1-5H3/t14?,15-/m1/s1. The average Bonchev–Trinajstić information content (AvgIpc) is 3.42. The molecule has 0 N–H and O–H groups in total. The summed E-state index contributed by atoms with van der Waals surface area (Å²) < 4.78 is 18.7. The molecule has 2 atom stereocenters. The summed E-state index contributed by atoms with van der Waals surface area (Å²) >= 11 is 0. The van der Waals surface area contributed by atoms with E-state index in [1.54, 1.807) is 20.5 Å². The zero-order valence-electron chi connectivity index (χ0n) is 18.3. The quantitative estimate of drug-likeness (QED) is 0.580. The second-order valence-corrected chi connectivity index (χ2v) is 7.74. The molecule has 0 amide bonds. The first-order chi connectivity index (χ1) is 14.5. The largest absolute Gasteiger partial charge is 0.497 e. The van der Waals surface area contributed by atoms with Crippen molar-refractivity contribution in [1.82, 2.24) is 24.6 Å². The molecular formula is C22H29N5O3. The maximum atomic E-state index is 5.68. The summed E-state index contributed by atoms with van der Waals surface area (Å²) in [5, 5.41) is 8.93. The summed E-state index contributed by atoms with van der Waals surface area (Å²) in [5.41, 5.74) is 1.87. The predicted molar refractivity (Wildman–Crippen MR) is 113 cm³/mol. The Morgan fingerprint density at radius 1 is 1.20 bits per heavy atom. The molecule has 4 rings (SSSR count). The van der Waals surface area contributed by atoms with E-state index in [9.17, 15) is 0 Å². The highest BCUT2D eigenvalue weighted by Gasteiger charge is 2.30. The van der Waals surface area contributed by atoms with Gasteiger partial charge in [-0.15, -0.1) is 10.2 Å². The van der Waals surface area contributed by atoms with E-state index >= 15 is 0 Å². The lowest BCUT2D eigenvalue weighted by Crippen LogP contribution is -2.36. The van der Waals surface area contributed by atoms with Crippen molar-refractivity contribution in [3.8, 4) is 23.0 Å². The molecule has 1 unspecified atom stereocenters.